The van der Waals surface area contributed by atoms with Crippen LogP contribution in [0, 0.1) is 5.82 Å². The highest BCUT2D eigenvalue weighted by Gasteiger charge is 2.45. The van der Waals surface area contributed by atoms with Crippen LogP contribution < -0.4 is 0 Å². The molecule has 124 valence electrons. The Morgan fingerprint density at radius 3 is 3.00 bits per heavy atom. The zero-order chi connectivity index (χ0) is 16.0. The third-order valence-corrected chi connectivity index (χ3v) is 5.45. The second-order valence-corrected chi connectivity index (χ2v) is 6.94. The minimum absolute atomic E-state index is 0.209. The van der Waals surface area contributed by atoms with Gasteiger partial charge in [-0.05, 0) is 43.0 Å². The lowest BCUT2D eigenvalue weighted by atomic mass is 9.86. The first-order chi connectivity index (χ1) is 11.1. The third kappa shape index (κ3) is 2.57. The molecule has 0 amide bonds. The maximum atomic E-state index is 13.4. The van der Waals surface area contributed by atoms with Gasteiger partial charge in [0, 0.05) is 44.9 Å². The van der Waals surface area contributed by atoms with Crippen molar-refractivity contribution in [3.63, 3.8) is 0 Å². The third-order valence-electron chi connectivity index (χ3n) is 5.45. The molecule has 2 aromatic rings. The molecule has 1 aromatic carbocycles. The number of halogens is 1. The van der Waals surface area contributed by atoms with Gasteiger partial charge in [0.15, 0.2) is 0 Å². The fraction of sp³-hybridized carbons (Fsp3) is 0.556. The molecule has 2 saturated heterocycles. The maximum absolute atomic E-state index is 13.4. The van der Waals surface area contributed by atoms with Crippen molar-refractivity contribution >= 4 is 10.9 Å². The summed E-state index contributed by atoms with van der Waals surface area (Å²) >= 11 is 0. The number of ether oxygens (including phenoxy) is 1. The Labute approximate surface area is 135 Å². The number of aryl methyl sites for hydroxylation is 1. The Hall–Kier alpha value is -1.43. The minimum atomic E-state index is -0.425. The summed E-state index contributed by atoms with van der Waals surface area (Å²) < 4.78 is 21.3. The summed E-state index contributed by atoms with van der Waals surface area (Å²) in [6, 6.07) is 4.94. The van der Waals surface area contributed by atoms with E-state index < -0.39 is 6.10 Å². The van der Waals surface area contributed by atoms with Crippen LogP contribution in [0.4, 0.5) is 4.39 Å². The molecule has 1 spiro atoms. The molecule has 4 nitrogen and oxygen atoms in total. The number of benzene rings is 1. The van der Waals surface area contributed by atoms with Gasteiger partial charge < -0.3 is 14.4 Å². The molecule has 5 heteroatoms. The summed E-state index contributed by atoms with van der Waals surface area (Å²) in [5.74, 6) is -0.209. The van der Waals surface area contributed by atoms with Crippen molar-refractivity contribution < 1.29 is 14.2 Å². The second-order valence-electron chi connectivity index (χ2n) is 6.94. The van der Waals surface area contributed by atoms with Crippen LogP contribution in [0.1, 0.15) is 24.8 Å². The molecule has 0 aliphatic carbocycles. The van der Waals surface area contributed by atoms with Crippen LogP contribution in [0.25, 0.3) is 10.9 Å². The van der Waals surface area contributed by atoms with Crippen molar-refractivity contribution in [1.82, 2.24) is 9.47 Å². The van der Waals surface area contributed by atoms with E-state index in [1.807, 2.05) is 17.7 Å². The SMILES string of the molecule is Cn1cc(CN2CC[C@@]3(CCCO3)[C@@H](O)C2)c2ccc(F)cc21. The van der Waals surface area contributed by atoms with E-state index in [0.29, 0.717) is 6.54 Å². The van der Waals surface area contributed by atoms with Crippen molar-refractivity contribution in [2.45, 2.75) is 37.5 Å². The van der Waals surface area contributed by atoms with Gasteiger partial charge in [0.05, 0.1) is 17.2 Å². The smallest absolute Gasteiger partial charge is 0.125 e. The lowest BCUT2D eigenvalue weighted by Crippen LogP contribution is -2.54. The molecule has 1 aromatic heterocycles. The molecule has 0 bridgehead atoms. The molecular formula is C18H23FN2O2. The van der Waals surface area contributed by atoms with E-state index >= 15 is 0 Å². The number of aromatic nitrogens is 1. The number of β-amino-alcohol motifs (C(OH)–C–C–N with tert-alkyl or cyclic N) is 1. The van der Waals surface area contributed by atoms with Crippen LogP contribution >= 0.6 is 0 Å². The lowest BCUT2D eigenvalue weighted by molar-refractivity contribution is -0.130. The number of rotatable bonds is 2. The summed E-state index contributed by atoms with van der Waals surface area (Å²) in [5.41, 5.74) is 1.78. The first-order valence-corrected chi connectivity index (χ1v) is 8.35. The standard InChI is InChI=1S/C18H23FN2O2/c1-20-10-13(15-4-3-14(19)9-16(15)20)11-21-7-6-18(17(22)12-21)5-2-8-23-18/h3-4,9-10,17,22H,2,5-8,11-12H2,1H3/t17-,18-/m0/s1. The van der Waals surface area contributed by atoms with Gasteiger partial charge in [-0.2, -0.15) is 0 Å². The highest BCUT2D eigenvalue weighted by Crippen LogP contribution is 2.36. The van der Waals surface area contributed by atoms with Crippen LogP contribution in [0.5, 0.6) is 0 Å². The van der Waals surface area contributed by atoms with E-state index in [4.69, 9.17) is 4.74 Å². The maximum Gasteiger partial charge on any atom is 0.125 e. The van der Waals surface area contributed by atoms with E-state index in [0.717, 1.165) is 49.9 Å². The molecule has 2 atom stereocenters. The molecular weight excluding hydrogens is 295 g/mol. The molecule has 2 aliphatic heterocycles. The quantitative estimate of drug-likeness (QED) is 0.924. The van der Waals surface area contributed by atoms with Crippen molar-refractivity contribution in [3.05, 3.63) is 35.8 Å². The predicted molar refractivity (Wildman–Crippen MR) is 86.7 cm³/mol. The first-order valence-electron chi connectivity index (χ1n) is 8.35. The Kier molecular flexibility index (Phi) is 3.67. The number of hydrogen-bond donors (Lipinski definition) is 1. The molecule has 3 heterocycles. The summed E-state index contributed by atoms with van der Waals surface area (Å²) in [4.78, 5) is 2.27. The summed E-state index contributed by atoms with van der Waals surface area (Å²) in [5, 5.41) is 11.6. The van der Waals surface area contributed by atoms with Crippen LogP contribution in [-0.4, -0.2) is 46.0 Å². The Balaban J connectivity index is 1.53. The molecule has 4 rings (SSSR count). The first kappa shape index (κ1) is 15.1. The molecule has 0 unspecified atom stereocenters. The predicted octanol–water partition coefficient (Wildman–Crippen LogP) is 2.43. The Morgan fingerprint density at radius 1 is 1.39 bits per heavy atom. The summed E-state index contributed by atoms with van der Waals surface area (Å²) in [6.45, 7) is 3.11. The number of aliphatic hydroxyl groups excluding tert-OH is 1. The van der Waals surface area contributed by atoms with Crippen molar-refractivity contribution in [1.29, 1.82) is 0 Å². The topological polar surface area (TPSA) is 37.6 Å². The lowest BCUT2D eigenvalue weighted by Gasteiger charge is -2.42. The summed E-state index contributed by atoms with van der Waals surface area (Å²) in [7, 11) is 1.94. The van der Waals surface area contributed by atoms with E-state index in [-0.39, 0.29) is 11.4 Å². The van der Waals surface area contributed by atoms with Gasteiger partial charge >= 0.3 is 0 Å². The van der Waals surface area contributed by atoms with E-state index in [2.05, 4.69) is 11.1 Å². The van der Waals surface area contributed by atoms with Crippen LogP contribution in [0.15, 0.2) is 24.4 Å². The van der Waals surface area contributed by atoms with Crippen LogP contribution in [0.3, 0.4) is 0 Å². The van der Waals surface area contributed by atoms with Gasteiger partial charge in [-0.3, -0.25) is 4.90 Å². The van der Waals surface area contributed by atoms with E-state index in [1.165, 1.54) is 11.6 Å². The van der Waals surface area contributed by atoms with Crippen LogP contribution in [0.2, 0.25) is 0 Å². The Morgan fingerprint density at radius 2 is 2.26 bits per heavy atom. The van der Waals surface area contributed by atoms with Gasteiger partial charge in [-0.1, -0.05) is 0 Å². The van der Waals surface area contributed by atoms with E-state index in [1.54, 1.807) is 6.07 Å². The monoisotopic (exact) mass is 318 g/mol. The van der Waals surface area contributed by atoms with E-state index in [9.17, 15) is 9.50 Å². The fourth-order valence-electron chi connectivity index (χ4n) is 4.15. The zero-order valence-electron chi connectivity index (χ0n) is 13.5. The molecule has 1 N–H and O–H groups in total. The van der Waals surface area contributed by atoms with Gasteiger partial charge in [0.1, 0.15) is 5.82 Å². The summed E-state index contributed by atoms with van der Waals surface area (Å²) in [6.07, 6.45) is 4.54. The molecule has 2 aliphatic rings. The number of piperidine rings is 1. The Bertz CT molecular complexity index is 721. The average molecular weight is 318 g/mol. The van der Waals surface area contributed by atoms with Gasteiger partial charge in [-0.15, -0.1) is 0 Å². The molecule has 23 heavy (non-hydrogen) atoms. The highest BCUT2D eigenvalue weighted by molar-refractivity contribution is 5.83. The van der Waals surface area contributed by atoms with Crippen molar-refractivity contribution in [3.8, 4) is 0 Å². The van der Waals surface area contributed by atoms with Crippen molar-refractivity contribution in [2.75, 3.05) is 19.7 Å². The minimum Gasteiger partial charge on any atom is -0.389 e. The largest absolute Gasteiger partial charge is 0.389 e. The van der Waals surface area contributed by atoms with Gasteiger partial charge in [0.25, 0.3) is 0 Å². The number of nitrogens with zero attached hydrogens (tertiary/aromatic N) is 2. The normalized spacial score (nSPS) is 28.9. The van der Waals surface area contributed by atoms with Crippen molar-refractivity contribution in [2.24, 2.45) is 7.05 Å². The van der Waals surface area contributed by atoms with Crippen LogP contribution in [-0.2, 0) is 18.3 Å². The molecule has 0 radical (unpaired) electrons. The fourth-order valence-corrected chi connectivity index (χ4v) is 4.15. The second kappa shape index (κ2) is 5.58. The highest BCUT2D eigenvalue weighted by atomic mass is 19.1. The number of hydrogen-bond acceptors (Lipinski definition) is 3. The number of fused-ring (bicyclic) bond motifs is 1. The molecule has 2 fully saturated rings. The zero-order valence-corrected chi connectivity index (χ0v) is 13.5. The number of aliphatic hydroxyl groups is 1. The average Bonchev–Trinajstić information content (AvgIpc) is 3.10. The van der Waals surface area contributed by atoms with Gasteiger partial charge in [0.2, 0.25) is 0 Å². The molecule has 0 saturated carbocycles. The number of likely N-dealkylation sites (tertiary alicyclic amines) is 1. The van der Waals surface area contributed by atoms with Gasteiger partial charge in [-0.25, -0.2) is 4.39 Å².